The molecule has 0 spiro atoms. The molecule has 2 bridgehead atoms. The van der Waals surface area contributed by atoms with E-state index in [1.807, 2.05) is 52.0 Å². The van der Waals surface area contributed by atoms with E-state index in [0.717, 1.165) is 40.3 Å². The molecule has 1 heterocycles. The fourth-order valence-corrected chi connectivity index (χ4v) is 5.04. The van der Waals surface area contributed by atoms with E-state index < -0.39 is 5.41 Å². The van der Waals surface area contributed by atoms with Gasteiger partial charge in [-0.25, -0.2) is 4.98 Å². The van der Waals surface area contributed by atoms with Crippen LogP contribution in [-0.4, -0.2) is 21.8 Å². The number of ketones is 1. The largest absolute Gasteiger partial charge is 0.430 e. The molecule has 1 N–H and O–H groups in total. The van der Waals surface area contributed by atoms with Crippen molar-refractivity contribution in [2.45, 2.75) is 53.6 Å². The number of esters is 1. The monoisotopic (exact) mass is 425 g/mol. The van der Waals surface area contributed by atoms with E-state index in [4.69, 9.17) is 9.72 Å². The summed E-state index contributed by atoms with van der Waals surface area (Å²) in [5.41, 5.74) is 2.27. The highest BCUT2D eigenvalue weighted by atomic mass is 32.1. The lowest BCUT2D eigenvalue weighted by Gasteiger charge is -2.26. The maximum atomic E-state index is 13.3. The summed E-state index contributed by atoms with van der Waals surface area (Å²) in [6, 6.07) is 7.59. The third kappa shape index (κ3) is 3.74. The maximum absolute atomic E-state index is 13.3. The van der Waals surface area contributed by atoms with E-state index in [-0.39, 0.29) is 30.2 Å². The zero-order valence-electron chi connectivity index (χ0n) is 17.8. The normalized spacial score (nSPS) is 21.3. The van der Waals surface area contributed by atoms with Crippen molar-refractivity contribution in [3.8, 4) is 10.6 Å². The van der Waals surface area contributed by atoms with Crippen LogP contribution in [0.3, 0.4) is 0 Å². The number of rotatable bonds is 4. The number of hydrogen-bond acceptors (Lipinski definition) is 6. The first-order valence-electron chi connectivity index (χ1n) is 10.4. The molecular formula is C24H27NO4S. The van der Waals surface area contributed by atoms with Gasteiger partial charge in [0.05, 0.1) is 23.3 Å². The van der Waals surface area contributed by atoms with E-state index in [9.17, 15) is 14.7 Å². The van der Waals surface area contributed by atoms with Crippen molar-refractivity contribution < 1.29 is 19.4 Å². The summed E-state index contributed by atoms with van der Waals surface area (Å²) in [4.78, 5) is 31.7. The average molecular weight is 426 g/mol. The number of carbonyl (C=O) groups is 2. The summed E-state index contributed by atoms with van der Waals surface area (Å²) >= 11 is 1.53. The third-order valence-corrected chi connectivity index (χ3v) is 6.92. The predicted molar refractivity (Wildman–Crippen MR) is 117 cm³/mol. The van der Waals surface area contributed by atoms with Crippen LogP contribution in [-0.2, 0) is 20.9 Å². The number of fused-ring (bicyclic) bond motifs is 2. The minimum atomic E-state index is -0.645. The zero-order chi connectivity index (χ0) is 21.6. The molecule has 30 heavy (non-hydrogen) atoms. The quantitative estimate of drug-likeness (QED) is 0.705. The van der Waals surface area contributed by atoms with Crippen molar-refractivity contribution in [2.75, 3.05) is 0 Å². The average Bonchev–Trinajstić information content (AvgIpc) is 3.31. The predicted octanol–water partition coefficient (Wildman–Crippen LogP) is 4.91. The molecule has 2 aliphatic rings. The number of ether oxygens (including phenoxy) is 1. The Morgan fingerprint density at radius 2 is 1.87 bits per heavy atom. The molecule has 6 heteroatoms. The molecule has 0 saturated heterocycles. The molecule has 2 aromatic rings. The number of hydrogen-bond donors (Lipinski definition) is 1. The Labute approximate surface area is 180 Å². The number of allylic oxidation sites excluding steroid dienone is 2. The Hall–Kier alpha value is -2.31. The molecule has 4 rings (SSSR count). The third-order valence-electron chi connectivity index (χ3n) is 5.90. The lowest BCUT2D eigenvalue weighted by molar-refractivity contribution is -0.149. The fourth-order valence-electron chi connectivity index (χ4n) is 4.11. The molecule has 2 atom stereocenters. The van der Waals surface area contributed by atoms with Crippen LogP contribution in [0.5, 0.6) is 0 Å². The van der Waals surface area contributed by atoms with Gasteiger partial charge in [0.1, 0.15) is 10.8 Å². The Morgan fingerprint density at radius 1 is 1.20 bits per heavy atom. The van der Waals surface area contributed by atoms with Gasteiger partial charge in [0.25, 0.3) is 0 Å². The van der Waals surface area contributed by atoms with E-state index in [1.165, 1.54) is 11.3 Å². The highest BCUT2D eigenvalue weighted by molar-refractivity contribution is 7.15. The number of nitrogens with zero attached hydrogens (tertiary/aromatic N) is 1. The number of benzene rings is 1. The van der Waals surface area contributed by atoms with Gasteiger partial charge in [-0.05, 0) is 52.5 Å². The summed E-state index contributed by atoms with van der Waals surface area (Å²) < 4.78 is 5.88. The van der Waals surface area contributed by atoms with Gasteiger partial charge >= 0.3 is 5.97 Å². The van der Waals surface area contributed by atoms with Crippen molar-refractivity contribution in [1.82, 2.24) is 4.98 Å². The van der Waals surface area contributed by atoms with Gasteiger partial charge in [0, 0.05) is 22.3 Å². The minimum Gasteiger partial charge on any atom is -0.430 e. The topological polar surface area (TPSA) is 76.5 Å². The van der Waals surface area contributed by atoms with Crippen LogP contribution in [0.25, 0.3) is 16.1 Å². The number of aryl methyl sites for hydroxylation is 1. The summed E-state index contributed by atoms with van der Waals surface area (Å²) in [6.45, 7) is 7.41. The molecule has 0 amide bonds. The molecule has 0 aliphatic heterocycles. The van der Waals surface area contributed by atoms with Crippen LogP contribution < -0.4 is 0 Å². The van der Waals surface area contributed by atoms with Crippen LogP contribution in [0.2, 0.25) is 0 Å². The molecule has 1 aromatic carbocycles. The molecular weight excluding hydrogens is 398 g/mol. The van der Waals surface area contributed by atoms with Gasteiger partial charge in [-0.1, -0.05) is 24.3 Å². The molecule has 1 fully saturated rings. The Kier molecular flexibility index (Phi) is 5.41. The molecule has 0 unspecified atom stereocenters. The van der Waals surface area contributed by atoms with Crippen molar-refractivity contribution in [1.29, 1.82) is 0 Å². The standard InChI is InChI=1S/C24H27NO4S/c1-13-19(25-22(30-13)15-7-5-14(12-26)6-8-15)18-20(27)16-9-10-17(11-16)21(18)29-23(28)24(2,3)4/h5-8,16-17,26H,9-12H2,1-4H3/t16-,17+/m1/s1. The molecule has 1 saturated carbocycles. The second-order valence-corrected chi connectivity index (χ2v) is 10.4. The first kappa shape index (κ1) is 20.9. The van der Waals surface area contributed by atoms with Crippen molar-refractivity contribution in [3.63, 3.8) is 0 Å². The van der Waals surface area contributed by atoms with E-state index >= 15 is 0 Å². The second kappa shape index (κ2) is 7.75. The summed E-state index contributed by atoms with van der Waals surface area (Å²) in [7, 11) is 0. The van der Waals surface area contributed by atoms with E-state index in [0.29, 0.717) is 17.0 Å². The smallest absolute Gasteiger partial charge is 0.316 e. The second-order valence-electron chi connectivity index (χ2n) is 9.23. The fraction of sp³-hybridized carbons (Fsp3) is 0.458. The van der Waals surface area contributed by atoms with Gasteiger partial charge in [-0.2, -0.15) is 0 Å². The first-order chi connectivity index (χ1) is 14.2. The molecule has 158 valence electrons. The Morgan fingerprint density at radius 3 is 2.50 bits per heavy atom. The van der Waals surface area contributed by atoms with Gasteiger partial charge in [-0.15, -0.1) is 11.3 Å². The lowest BCUT2D eigenvalue weighted by Crippen LogP contribution is -2.28. The number of thiazole rings is 1. The number of aliphatic hydroxyl groups excluding tert-OH is 1. The zero-order valence-corrected chi connectivity index (χ0v) is 18.6. The van der Waals surface area contributed by atoms with Crippen molar-refractivity contribution in [2.24, 2.45) is 17.3 Å². The van der Waals surface area contributed by atoms with Crippen molar-refractivity contribution in [3.05, 3.63) is 46.2 Å². The van der Waals surface area contributed by atoms with Crippen LogP contribution in [0.1, 0.15) is 56.2 Å². The van der Waals surface area contributed by atoms with Crippen molar-refractivity contribution >= 4 is 28.7 Å². The maximum Gasteiger partial charge on any atom is 0.316 e. The molecule has 1 aromatic heterocycles. The number of aliphatic hydroxyl groups is 1. The van der Waals surface area contributed by atoms with Crippen LogP contribution in [0, 0.1) is 24.2 Å². The van der Waals surface area contributed by atoms with Gasteiger partial charge in [-0.3, -0.25) is 9.59 Å². The highest BCUT2D eigenvalue weighted by Gasteiger charge is 2.44. The van der Waals surface area contributed by atoms with Gasteiger partial charge < -0.3 is 9.84 Å². The Balaban J connectivity index is 1.78. The molecule has 2 aliphatic carbocycles. The summed E-state index contributed by atoms with van der Waals surface area (Å²) in [5.74, 6) is 0.346. The number of aromatic nitrogens is 1. The van der Waals surface area contributed by atoms with E-state index in [2.05, 4.69) is 0 Å². The van der Waals surface area contributed by atoms with E-state index in [1.54, 1.807) is 0 Å². The Bertz CT molecular complexity index is 1030. The minimum absolute atomic E-state index is 0.00419. The van der Waals surface area contributed by atoms with Gasteiger partial charge in [0.15, 0.2) is 5.78 Å². The summed E-state index contributed by atoms with van der Waals surface area (Å²) in [6.07, 6.45) is 2.46. The van der Waals surface area contributed by atoms with Crippen LogP contribution >= 0.6 is 11.3 Å². The summed E-state index contributed by atoms with van der Waals surface area (Å²) in [5, 5.41) is 10.1. The van der Waals surface area contributed by atoms with Gasteiger partial charge in [0.2, 0.25) is 0 Å². The SMILES string of the molecule is Cc1sc(-c2ccc(CO)cc2)nc1C1=C(OC(=O)C(C)(C)C)[C@H]2CC[C@H](C2)C1=O. The molecule has 0 radical (unpaired) electrons. The highest BCUT2D eigenvalue weighted by Crippen LogP contribution is 2.48. The first-order valence-corrected chi connectivity index (χ1v) is 11.2. The number of carbonyl (C=O) groups excluding carboxylic acids is 2. The van der Waals surface area contributed by atoms with Crippen LogP contribution in [0.15, 0.2) is 30.0 Å². The molecule has 5 nitrogen and oxygen atoms in total. The lowest BCUT2D eigenvalue weighted by atomic mass is 9.84. The van der Waals surface area contributed by atoms with Crippen LogP contribution in [0.4, 0.5) is 0 Å². The number of Topliss-reactive ketones (excluding diaryl/α,β-unsaturated/α-hetero) is 1.